The molecule has 2 aromatic heterocycles. The number of aromatic nitrogens is 2. The molecule has 0 aliphatic carbocycles. The Morgan fingerprint density at radius 1 is 0.721 bits per heavy atom. The van der Waals surface area contributed by atoms with Gasteiger partial charge in [0.25, 0.3) is 0 Å². The molecular formula is C53H57Cl2N5O8. The Balaban J connectivity index is 1.22. The molecule has 4 N–H and O–H groups in total. The molecule has 0 aliphatic rings. The first-order chi connectivity index (χ1) is 32.8. The van der Waals surface area contributed by atoms with Crippen LogP contribution in [0.3, 0.4) is 0 Å². The SMILES string of the molecule is CN=Cc1cncc(COc2cc(OCc3cccc(-c4cccc(COc5cc(OCc6cncc(C=N)c6)c(CN(CC(C)C)C(CCO)C(=O)O)cc5Cl)c4C)c3C)c(Cl)cc2CO)c1. The van der Waals surface area contributed by atoms with Crippen molar-refractivity contribution >= 4 is 41.6 Å². The van der Waals surface area contributed by atoms with E-state index < -0.39 is 12.0 Å². The molecule has 356 valence electrons. The molecule has 0 saturated carbocycles. The van der Waals surface area contributed by atoms with Crippen molar-refractivity contribution in [2.75, 3.05) is 20.2 Å². The average molecular weight is 963 g/mol. The summed E-state index contributed by atoms with van der Waals surface area (Å²) in [6.45, 7) is 8.96. The second kappa shape index (κ2) is 24.6. The van der Waals surface area contributed by atoms with Crippen LogP contribution in [-0.2, 0) is 44.4 Å². The Morgan fingerprint density at radius 3 is 1.74 bits per heavy atom. The van der Waals surface area contributed by atoms with Gasteiger partial charge in [0, 0.05) is 109 Å². The van der Waals surface area contributed by atoms with Gasteiger partial charge < -0.3 is 39.7 Å². The Bertz CT molecular complexity index is 2730. The number of ether oxygens (including phenoxy) is 4. The molecule has 0 radical (unpaired) electrons. The highest BCUT2D eigenvalue weighted by molar-refractivity contribution is 6.32. The number of rotatable bonds is 24. The fraction of sp³-hybridized carbons (Fsp3) is 0.302. The third kappa shape index (κ3) is 13.4. The average Bonchev–Trinajstić information content (AvgIpc) is 3.32. The van der Waals surface area contributed by atoms with Crippen LogP contribution in [0, 0.1) is 25.2 Å². The number of aliphatic imine (C=N–C) groups is 1. The minimum Gasteiger partial charge on any atom is -0.488 e. The van der Waals surface area contributed by atoms with Crippen molar-refractivity contribution in [3.05, 3.63) is 163 Å². The van der Waals surface area contributed by atoms with E-state index in [1.165, 1.54) is 6.21 Å². The predicted molar refractivity (Wildman–Crippen MR) is 266 cm³/mol. The van der Waals surface area contributed by atoms with E-state index in [2.05, 4.69) is 40.9 Å². The van der Waals surface area contributed by atoms with Crippen molar-refractivity contribution in [1.29, 1.82) is 5.41 Å². The summed E-state index contributed by atoms with van der Waals surface area (Å²) >= 11 is 13.6. The molecule has 4 aromatic carbocycles. The van der Waals surface area contributed by atoms with Crippen LogP contribution in [0.5, 0.6) is 23.0 Å². The number of carboxylic acid groups (broad SMARTS) is 1. The summed E-state index contributed by atoms with van der Waals surface area (Å²) in [5.41, 5.74) is 10.2. The lowest BCUT2D eigenvalue weighted by atomic mass is 9.92. The van der Waals surface area contributed by atoms with E-state index in [0.29, 0.717) is 56.3 Å². The highest BCUT2D eigenvalue weighted by Gasteiger charge is 2.28. The van der Waals surface area contributed by atoms with Crippen molar-refractivity contribution in [2.45, 2.75) is 79.7 Å². The standard InChI is InChI=1S/C53H57Cl2N5O8/c1-33(2)26-60(48(12-13-61)53(63)64)27-42-16-46(54)51(18-49(42)65-29-38-14-36(20-56)22-58-24-38)67-31-40-8-6-10-44(34(40)3)45-11-7-9-41(35(45)4)32-68-52-19-50(43(28-62)17-47(52)55)66-30-39-15-37(21-57-5)23-59-25-39/h6-11,14-25,33,48,56,61-62H,12-13,26-32H2,1-5H3,(H,63,64). The number of aliphatic carboxylic acids is 1. The molecule has 0 bridgehead atoms. The van der Waals surface area contributed by atoms with Gasteiger partial charge in [-0.15, -0.1) is 0 Å². The number of carbonyl (C=O) groups is 1. The molecule has 0 amide bonds. The van der Waals surface area contributed by atoms with Gasteiger partial charge in [-0.05, 0) is 83.8 Å². The maximum absolute atomic E-state index is 12.4. The van der Waals surface area contributed by atoms with E-state index >= 15 is 0 Å². The number of hydrogen-bond acceptors (Lipinski definition) is 12. The Morgan fingerprint density at radius 2 is 1.24 bits per heavy atom. The van der Waals surface area contributed by atoms with E-state index in [1.54, 1.807) is 62.3 Å². The van der Waals surface area contributed by atoms with Gasteiger partial charge in [0.2, 0.25) is 0 Å². The topological polar surface area (TPSA) is 180 Å². The number of nitrogens with zero attached hydrogens (tertiary/aromatic N) is 4. The smallest absolute Gasteiger partial charge is 0.321 e. The van der Waals surface area contributed by atoms with Gasteiger partial charge in [-0.1, -0.05) is 73.4 Å². The van der Waals surface area contributed by atoms with Crippen molar-refractivity contribution in [1.82, 2.24) is 14.9 Å². The molecule has 13 nitrogen and oxygen atoms in total. The molecule has 15 heteroatoms. The lowest BCUT2D eigenvalue weighted by molar-refractivity contribution is -0.144. The first-order valence-electron chi connectivity index (χ1n) is 22.1. The second-order valence-corrected chi connectivity index (χ2v) is 17.6. The maximum atomic E-state index is 12.4. The molecule has 1 atom stereocenters. The lowest BCUT2D eigenvalue weighted by Crippen LogP contribution is -2.43. The number of hydrogen-bond donors (Lipinski definition) is 4. The first-order valence-corrected chi connectivity index (χ1v) is 22.9. The zero-order valence-electron chi connectivity index (χ0n) is 38.8. The van der Waals surface area contributed by atoms with Crippen LogP contribution < -0.4 is 18.9 Å². The Labute approximate surface area is 407 Å². The number of halogens is 2. The minimum atomic E-state index is -1.03. The monoisotopic (exact) mass is 961 g/mol. The zero-order valence-corrected chi connectivity index (χ0v) is 40.4. The van der Waals surface area contributed by atoms with Crippen LogP contribution in [0.4, 0.5) is 0 Å². The largest absolute Gasteiger partial charge is 0.488 e. The normalized spacial score (nSPS) is 11.9. The summed E-state index contributed by atoms with van der Waals surface area (Å²) < 4.78 is 25.3. The third-order valence-electron chi connectivity index (χ3n) is 11.3. The highest BCUT2D eigenvalue weighted by Crippen LogP contribution is 2.38. The van der Waals surface area contributed by atoms with E-state index in [1.807, 2.05) is 55.1 Å². The Hall–Kier alpha value is -6.35. The molecular weight excluding hydrogens is 906 g/mol. The third-order valence-corrected chi connectivity index (χ3v) is 11.9. The summed E-state index contributed by atoms with van der Waals surface area (Å²) in [6.07, 6.45) is 9.67. The van der Waals surface area contributed by atoms with E-state index in [9.17, 15) is 20.1 Å². The second-order valence-electron chi connectivity index (χ2n) is 16.7. The molecule has 0 fully saturated rings. The molecule has 0 aliphatic heterocycles. The molecule has 0 spiro atoms. The fourth-order valence-corrected chi connectivity index (χ4v) is 8.31. The number of aliphatic hydroxyl groups excluding tert-OH is 2. The van der Waals surface area contributed by atoms with Gasteiger partial charge >= 0.3 is 5.97 Å². The molecule has 68 heavy (non-hydrogen) atoms. The van der Waals surface area contributed by atoms with Crippen LogP contribution >= 0.6 is 23.2 Å². The van der Waals surface area contributed by atoms with Gasteiger partial charge in [0.15, 0.2) is 0 Å². The van der Waals surface area contributed by atoms with Crippen LogP contribution in [-0.4, -0.2) is 74.8 Å². The number of aliphatic hydroxyl groups is 2. The van der Waals surface area contributed by atoms with E-state index in [0.717, 1.165) is 50.1 Å². The van der Waals surface area contributed by atoms with E-state index in [4.69, 9.17) is 47.6 Å². The maximum Gasteiger partial charge on any atom is 0.321 e. The van der Waals surface area contributed by atoms with Gasteiger partial charge in [0.05, 0.1) is 16.7 Å². The quantitative estimate of drug-likeness (QED) is 0.0424. The summed E-state index contributed by atoms with van der Waals surface area (Å²) in [7, 11) is 1.70. The van der Waals surface area contributed by atoms with Crippen molar-refractivity contribution in [3.63, 3.8) is 0 Å². The molecule has 1 unspecified atom stereocenters. The molecule has 2 heterocycles. The molecule has 0 saturated heterocycles. The fourth-order valence-electron chi connectivity index (χ4n) is 7.83. The van der Waals surface area contributed by atoms with Gasteiger partial charge in [-0.3, -0.25) is 24.7 Å². The van der Waals surface area contributed by atoms with Crippen LogP contribution in [0.1, 0.15) is 75.9 Å². The number of pyridine rings is 2. The number of benzene rings is 4. The minimum absolute atomic E-state index is 0.0585. The lowest BCUT2D eigenvalue weighted by Gasteiger charge is -2.31. The van der Waals surface area contributed by atoms with Crippen LogP contribution in [0.15, 0.2) is 103 Å². The molecule has 6 aromatic rings. The van der Waals surface area contributed by atoms with E-state index in [-0.39, 0.29) is 58.5 Å². The van der Waals surface area contributed by atoms with Gasteiger partial charge in [-0.2, -0.15) is 0 Å². The van der Waals surface area contributed by atoms with Crippen LogP contribution in [0.2, 0.25) is 10.0 Å². The predicted octanol–water partition coefficient (Wildman–Crippen LogP) is 10.2. The van der Waals surface area contributed by atoms with Gasteiger partial charge in [0.1, 0.15) is 55.5 Å². The number of carboxylic acids is 1. The summed E-state index contributed by atoms with van der Waals surface area (Å²) in [6, 6.07) is 21.8. The van der Waals surface area contributed by atoms with Crippen LogP contribution in [0.25, 0.3) is 11.1 Å². The number of nitrogens with one attached hydrogen (secondary N) is 1. The van der Waals surface area contributed by atoms with Crippen molar-refractivity contribution in [3.8, 4) is 34.1 Å². The van der Waals surface area contributed by atoms with Gasteiger partial charge in [-0.25, -0.2) is 0 Å². The Kier molecular flexibility index (Phi) is 18.5. The molecule has 6 rings (SSSR count). The zero-order chi connectivity index (χ0) is 48.7. The van der Waals surface area contributed by atoms with Crippen molar-refractivity contribution in [2.24, 2.45) is 10.9 Å². The summed E-state index contributed by atoms with van der Waals surface area (Å²) in [5, 5.41) is 38.3. The summed E-state index contributed by atoms with van der Waals surface area (Å²) in [4.78, 5) is 26.8. The highest BCUT2D eigenvalue weighted by atomic mass is 35.5. The first kappa shape index (κ1) is 51.0. The summed E-state index contributed by atoms with van der Waals surface area (Å²) in [5.74, 6) is 0.795. The van der Waals surface area contributed by atoms with Crippen molar-refractivity contribution < 1.29 is 39.1 Å².